The Hall–Kier alpha value is -0.830. The van der Waals surface area contributed by atoms with Crippen LogP contribution in [0.3, 0.4) is 0 Å². The van der Waals surface area contributed by atoms with Crippen LogP contribution in [-0.2, 0) is 0 Å². The third kappa shape index (κ3) is 2.15. The van der Waals surface area contributed by atoms with Gasteiger partial charge in [-0.25, -0.2) is 0 Å². The second kappa shape index (κ2) is 4.13. The van der Waals surface area contributed by atoms with Gasteiger partial charge in [-0.1, -0.05) is 34.1 Å². The molecule has 1 aromatic rings. The number of carbonyl (C=O) groups is 1. The minimum Gasteiger partial charge on any atom is -0.349 e. The van der Waals surface area contributed by atoms with Gasteiger partial charge in [0.25, 0.3) is 5.91 Å². The van der Waals surface area contributed by atoms with Crippen LogP contribution in [0.4, 0.5) is 0 Å². The van der Waals surface area contributed by atoms with E-state index in [1.807, 2.05) is 30.3 Å². The fourth-order valence-corrected chi connectivity index (χ4v) is 2.43. The van der Waals surface area contributed by atoms with Crippen LogP contribution in [0.25, 0.3) is 0 Å². The monoisotopic (exact) mass is 253 g/mol. The van der Waals surface area contributed by atoms with E-state index in [-0.39, 0.29) is 5.91 Å². The Kier molecular flexibility index (Phi) is 2.87. The van der Waals surface area contributed by atoms with Crippen molar-refractivity contribution < 1.29 is 4.79 Å². The fraction of sp³-hybridized carbons (Fsp3) is 0.364. The highest BCUT2D eigenvalue weighted by atomic mass is 79.9. The molecule has 1 aromatic carbocycles. The van der Waals surface area contributed by atoms with Crippen molar-refractivity contribution in [1.82, 2.24) is 5.32 Å². The molecule has 0 saturated heterocycles. The highest BCUT2D eigenvalue weighted by molar-refractivity contribution is 9.09. The van der Waals surface area contributed by atoms with Crippen molar-refractivity contribution in [3.63, 3.8) is 0 Å². The number of nitrogens with one attached hydrogen (secondary N) is 1. The number of rotatable bonds is 2. The normalized spacial score (nSPS) is 25.2. The average Bonchev–Trinajstić information content (AvgIpc) is 2.17. The highest BCUT2D eigenvalue weighted by Crippen LogP contribution is 2.27. The average molecular weight is 254 g/mol. The largest absolute Gasteiger partial charge is 0.349 e. The third-order valence-corrected chi connectivity index (χ3v) is 3.20. The number of carbonyl (C=O) groups excluding carboxylic acids is 1. The maximum atomic E-state index is 11.6. The maximum absolute atomic E-state index is 11.6. The minimum absolute atomic E-state index is 0.0370. The Labute approximate surface area is 91.8 Å². The molecule has 0 radical (unpaired) electrons. The van der Waals surface area contributed by atoms with Crippen LogP contribution in [0.15, 0.2) is 30.3 Å². The Morgan fingerprint density at radius 3 is 2.50 bits per heavy atom. The van der Waals surface area contributed by atoms with Gasteiger partial charge in [0.15, 0.2) is 0 Å². The Morgan fingerprint density at radius 1 is 1.29 bits per heavy atom. The number of hydrogen-bond donors (Lipinski definition) is 1. The molecule has 0 atom stereocenters. The van der Waals surface area contributed by atoms with E-state index >= 15 is 0 Å². The van der Waals surface area contributed by atoms with Gasteiger partial charge in [-0.3, -0.25) is 4.79 Å². The molecular weight excluding hydrogens is 242 g/mol. The summed E-state index contributed by atoms with van der Waals surface area (Å²) in [6.45, 7) is 0. The second-order valence-electron chi connectivity index (χ2n) is 3.61. The van der Waals surface area contributed by atoms with E-state index in [0.29, 0.717) is 10.9 Å². The summed E-state index contributed by atoms with van der Waals surface area (Å²) in [5, 5.41) is 2.99. The number of benzene rings is 1. The van der Waals surface area contributed by atoms with Crippen LogP contribution in [0.5, 0.6) is 0 Å². The molecule has 2 nitrogen and oxygen atoms in total. The lowest BCUT2D eigenvalue weighted by Crippen LogP contribution is -2.44. The smallest absolute Gasteiger partial charge is 0.251 e. The summed E-state index contributed by atoms with van der Waals surface area (Å²) in [4.78, 5) is 12.2. The number of alkyl halides is 1. The van der Waals surface area contributed by atoms with Gasteiger partial charge in [0.2, 0.25) is 0 Å². The fourth-order valence-electron chi connectivity index (χ4n) is 1.52. The van der Waals surface area contributed by atoms with E-state index in [1.54, 1.807) is 0 Å². The van der Waals surface area contributed by atoms with Crippen molar-refractivity contribution >= 4 is 21.8 Å². The molecule has 0 spiro atoms. The van der Waals surface area contributed by atoms with Gasteiger partial charge < -0.3 is 5.32 Å². The van der Waals surface area contributed by atoms with Crippen molar-refractivity contribution in [1.29, 1.82) is 0 Å². The lowest BCUT2D eigenvalue weighted by molar-refractivity contribution is 0.0919. The first-order valence-electron chi connectivity index (χ1n) is 4.75. The molecule has 1 N–H and O–H groups in total. The van der Waals surface area contributed by atoms with Crippen LogP contribution in [0.2, 0.25) is 0 Å². The van der Waals surface area contributed by atoms with E-state index in [9.17, 15) is 4.79 Å². The predicted octanol–water partition coefficient (Wildman–Crippen LogP) is 2.34. The molecule has 74 valence electrons. The summed E-state index contributed by atoms with van der Waals surface area (Å²) in [6.07, 6.45) is 2.08. The molecular formula is C11H12BrNO. The zero-order chi connectivity index (χ0) is 9.97. The Balaban J connectivity index is 1.90. The summed E-state index contributed by atoms with van der Waals surface area (Å²) < 4.78 is 0. The van der Waals surface area contributed by atoms with E-state index in [1.165, 1.54) is 0 Å². The maximum Gasteiger partial charge on any atom is 0.251 e. The van der Waals surface area contributed by atoms with E-state index in [4.69, 9.17) is 0 Å². The number of amides is 1. The Morgan fingerprint density at radius 2 is 1.93 bits per heavy atom. The Bertz CT molecular complexity index is 319. The molecule has 1 fully saturated rings. The quantitative estimate of drug-likeness (QED) is 0.806. The van der Waals surface area contributed by atoms with E-state index in [2.05, 4.69) is 21.2 Å². The topological polar surface area (TPSA) is 29.1 Å². The lowest BCUT2D eigenvalue weighted by atomic mass is 9.92. The van der Waals surface area contributed by atoms with Crippen LogP contribution >= 0.6 is 15.9 Å². The van der Waals surface area contributed by atoms with Gasteiger partial charge in [-0.2, -0.15) is 0 Å². The molecule has 1 aliphatic carbocycles. The minimum atomic E-state index is 0.0370. The summed E-state index contributed by atoms with van der Waals surface area (Å²) in [5.74, 6) is 0.0370. The van der Waals surface area contributed by atoms with Gasteiger partial charge in [0.1, 0.15) is 0 Å². The first-order valence-corrected chi connectivity index (χ1v) is 5.67. The van der Waals surface area contributed by atoms with Crippen molar-refractivity contribution in [3.05, 3.63) is 35.9 Å². The molecule has 0 bridgehead atoms. The molecule has 1 aliphatic rings. The summed E-state index contributed by atoms with van der Waals surface area (Å²) in [5.41, 5.74) is 0.741. The first kappa shape index (κ1) is 9.71. The number of hydrogen-bond acceptors (Lipinski definition) is 1. The second-order valence-corrected chi connectivity index (χ2v) is 4.90. The summed E-state index contributed by atoms with van der Waals surface area (Å²) in [7, 11) is 0. The van der Waals surface area contributed by atoms with Gasteiger partial charge in [0.05, 0.1) is 0 Å². The standard InChI is InChI=1S/C11H12BrNO/c12-9-6-10(7-9)13-11(14)8-4-2-1-3-5-8/h1-5,9-10H,6-7H2,(H,13,14). The summed E-state index contributed by atoms with van der Waals surface area (Å²) >= 11 is 3.50. The lowest BCUT2D eigenvalue weighted by Gasteiger charge is -2.31. The van der Waals surface area contributed by atoms with Crippen LogP contribution in [-0.4, -0.2) is 16.8 Å². The molecule has 0 aliphatic heterocycles. The molecule has 0 unspecified atom stereocenters. The van der Waals surface area contributed by atoms with Gasteiger partial charge in [0, 0.05) is 16.4 Å². The van der Waals surface area contributed by atoms with Crippen LogP contribution in [0, 0.1) is 0 Å². The van der Waals surface area contributed by atoms with Crippen LogP contribution in [0.1, 0.15) is 23.2 Å². The van der Waals surface area contributed by atoms with Gasteiger partial charge in [-0.05, 0) is 25.0 Å². The van der Waals surface area contributed by atoms with Gasteiger partial charge in [-0.15, -0.1) is 0 Å². The SMILES string of the molecule is O=C(NC1CC(Br)C1)c1ccccc1. The number of halogens is 1. The third-order valence-electron chi connectivity index (χ3n) is 2.45. The highest BCUT2D eigenvalue weighted by Gasteiger charge is 2.28. The van der Waals surface area contributed by atoms with Crippen molar-refractivity contribution in [3.8, 4) is 0 Å². The van der Waals surface area contributed by atoms with Crippen LogP contribution < -0.4 is 5.32 Å². The van der Waals surface area contributed by atoms with E-state index in [0.717, 1.165) is 18.4 Å². The molecule has 0 aromatic heterocycles. The summed E-state index contributed by atoms with van der Waals surface area (Å²) in [6, 6.07) is 9.69. The molecule has 14 heavy (non-hydrogen) atoms. The van der Waals surface area contributed by atoms with Gasteiger partial charge >= 0.3 is 0 Å². The first-order chi connectivity index (χ1) is 6.75. The van der Waals surface area contributed by atoms with Crippen molar-refractivity contribution in [2.45, 2.75) is 23.7 Å². The van der Waals surface area contributed by atoms with Crippen molar-refractivity contribution in [2.24, 2.45) is 0 Å². The van der Waals surface area contributed by atoms with E-state index < -0.39 is 0 Å². The molecule has 2 rings (SSSR count). The predicted molar refractivity (Wildman–Crippen MR) is 59.6 cm³/mol. The molecule has 0 heterocycles. The zero-order valence-corrected chi connectivity index (χ0v) is 9.33. The van der Waals surface area contributed by atoms with Crippen molar-refractivity contribution in [2.75, 3.05) is 0 Å². The molecule has 3 heteroatoms. The molecule has 1 saturated carbocycles. The molecule has 1 amide bonds. The zero-order valence-electron chi connectivity index (χ0n) is 7.74.